The molecule has 2 N–H and O–H groups in total. The molecule has 3 fully saturated rings. The van der Waals surface area contributed by atoms with Gasteiger partial charge in [-0.05, 0) is 30.5 Å². The molecule has 0 aromatic heterocycles. The van der Waals surface area contributed by atoms with Crippen LogP contribution in [0.15, 0.2) is 24.3 Å². The Labute approximate surface area is 232 Å². The highest BCUT2D eigenvalue weighted by atomic mass is 19.4. The van der Waals surface area contributed by atoms with Crippen LogP contribution in [0.5, 0.6) is 5.75 Å². The Balaban J connectivity index is 0.000000349. The number of ether oxygens (including phenoxy) is 4. The van der Waals surface area contributed by atoms with Gasteiger partial charge in [0.05, 0.1) is 39.6 Å². The largest absolute Gasteiger partial charge is 0.497 e. The minimum absolute atomic E-state index is 0.153. The van der Waals surface area contributed by atoms with Crippen LogP contribution in [0.2, 0.25) is 0 Å². The molecule has 3 aliphatic rings. The van der Waals surface area contributed by atoms with Crippen LogP contribution in [-0.2, 0) is 30.3 Å². The van der Waals surface area contributed by atoms with Crippen LogP contribution in [0.25, 0.3) is 0 Å². The number of alkyl halides is 6. The minimum atomic E-state index is -5.08. The molecule has 234 valence electrons. The fourth-order valence-corrected chi connectivity index (χ4v) is 4.43. The molecule has 0 bridgehead atoms. The van der Waals surface area contributed by atoms with Gasteiger partial charge in [0.1, 0.15) is 11.4 Å². The summed E-state index contributed by atoms with van der Waals surface area (Å²) in [6.45, 7) is 9.05. The van der Waals surface area contributed by atoms with E-state index < -0.39 is 24.3 Å². The van der Waals surface area contributed by atoms with E-state index in [-0.39, 0.29) is 5.60 Å². The fourth-order valence-electron chi connectivity index (χ4n) is 4.43. The molecule has 4 rings (SSSR count). The molecule has 2 unspecified atom stereocenters. The van der Waals surface area contributed by atoms with Crippen LogP contribution >= 0.6 is 0 Å². The Kier molecular flexibility index (Phi) is 13.1. The quantitative estimate of drug-likeness (QED) is 0.486. The lowest BCUT2D eigenvalue weighted by Gasteiger charge is -2.33. The molecular formula is C25H34F6N2O8. The van der Waals surface area contributed by atoms with E-state index in [0.29, 0.717) is 12.7 Å². The van der Waals surface area contributed by atoms with Crippen LogP contribution < -0.4 is 4.74 Å². The van der Waals surface area contributed by atoms with Crippen molar-refractivity contribution in [3.8, 4) is 5.75 Å². The van der Waals surface area contributed by atoms with Crippen molar-refractivity contribution in [3.05, 3.63) is 29.8 Å². The van der Waals surface area contributed by atoms with Crippen LogP contribution in [-0.4, -0.2) is 122 Å². The van der Waals surface area contributed by atoms with E-state index in [9.17, 15) is 26.3 Å². The number of benzene rings is 1. The number of hydrogen-bond acceptors (Lipinski definition) is 8. The van der Waals surface area contributed by atoms with E-state index >= 15 is 0 Å². The predicted octanol–water partition coefficient (Wildman–Crippen LogP) is 3.04. The lowest BCUT2D eigenvalue weighted by atomic mass is 9.99. The van der Waals surface area contributed by atoms with Crippen molar-refractivity contribution in [1.82, 2.24) is 9.80 Å². The third-order valence-electron chi connectivity index (χ3n) is 6.38. The van der Waals surface area contributed by atoms with Crippen molar-refractivity contribution < 1.29 is 65.1 Å². The Morgan fingerprint density at radius 3 is 1.95 bits per heavy atom. The maximum atomic E-state index is 10.6. The first-order chi connectivity index (χ1) is 19.1. The summed E-state index contributed by atoms with van der Waals surface area (Å²) in [6.07, 6.45) is -7.65. The van der Waals surface area contributed by atoms with Gasteiger partial charge in [-0.15, -0.1) is 0 Å². The molecule has 3 saturated heterocycles. The molecule has 1 aromatic carbocycles. The van der Waals surface area contributed by atoms with Crippen molar-refractivity contribution in [2.75, 3.05) is 66.3 Å². The summed E-state index contributed by atoms with van der Waals surface area (Å²) in [5.74, 6) is -4.61. The van der Waals surface area contributed by atoms with Gasteiger partial charge < -0.3 is 29.2 Å². The summed E-state index contributed by atoms with van der Waals surface area (Å²) in [5, 5.41) is 14.2. The van der Waals surface area contributed by atoms with Crippen molar-refractivity contribution >= 4 is 11.9 Å². The van der Waals surface area contributed by atoms with Crippen molar-refractivity contribution in [2.24, 2.45) is 0 Å². The molecule has 1 spiro atoms. The number of rotatable bonds is 5. The van der Waals surface area contributed by atoms with Crippen LogP contribution in [0.3, 0.4) is 0 Å². The molecular weight excluding hydrogens is 570 g/mol. The van der Waals surface area contributed by atoms with Crippen LogP contribution in [0.1, 0.15) is 18.4 Å². The maximum Gasteiger partial charge on any atom is 0.490 e. The first-order valence-electron chi connectivity index (χ1n) is 12.6. The predicted molar refractivity (Wildman–Crippen MR) is 131 cm³/mol. The third-order valence-corrected chi connectivity index (χ3v) is 6.38. The van der Waals surface area contributed by atoms with Crippen LogP contribution in [0, 0.1) is 0 Å². The van der Waals surface area contributed by atoms with E-state index in [1.807, 2.05) is 12.1 Å². The molecule has 0 radical (unpaired) electrons. The number of aliphatic carboxylic acids is 2. The third kappa shape index (κ3) is 12.4. The molecule has 2 atom stereocenters. The second-order valence-corrected chi connectivity index (χ2v) is 9.59. The van der Waals surface area contributed by atoms with Gasteiger partial charge in [0.15, 0.2) is 0 Å². The topological polar surface area (TPSA) is 118 Å². The Hall–Kier alpha value is -2.66. The summed E-state index contributed by atoms with van der Waals surface area (Å²) >= 11 is 0. The fraction of sp³-hybridized carbons (Fsp3) is 0.680. The Morgan fingerprint density at radius 2 is 1.44 bits per heavy atom. The van der Waals surface area contributed by atoms with Crippen molar-refractivity contribution in [3.63, 3.8) is 0 Å². The zero-order valence-corrected chi connectivity index (χ0v) is 22.4. The van der Waals surface area contributed by atoms with E-state index in [4.69, 9.17) is 38.7 Å². The second kappa shape index (κ2) is 15.5. The van der Waals surface area contributed by atoms with Gasteiger partial charge in [0.2, 0.25) is 0 Å². The van der Waals surface area contributed by atoms with Gasteiger partial charge in [-0.3, -0.25) is 9.80 Å². The van der Waals surface area contributed by atoms with Gasteiger partial charge >= 0.3 is 24.3 Å². The first kappa shape index (κ1) is 34.5. The second-order valence-electron chi connectivity index (χ2n) is 9.59. The van der Waals surface area contributed by atoms with E-state index in [2.05, 4.69) is 21.9 Å². The van der Waals surface area contributed by atoms with Gasteiger partial charge in [-0.2, -0.15) is 26.3 Å². The summed E-state index contributed by atoms with van der Waals surface area (Å²) in [6, 6.07) is 8.36. The van der Waals surface area contributed by atoms with Gasteiger partial charge in [0.25, 0.3) is 0 Å². The molecule has 0 aliphatic carbocycles. The van der Waals surface area contributed by atoms with Gasteiger partial charge in [0, 0.05) is 39.3 Å². The summed E-state index contributed by atoms with van der Waals surface area (Å²) < 4.78 is 86.8. The molecule has 41 heavy (non-hydrogen) atoms. The van der Waals surface area contributed by atoms with E-state index in [0.717, 1.165) is 77.7 Å². The average molecular weight is 605 g/mol. The lowest BCUT2D eigenvalue weighted by Crippen LogP contribution is -2.46. The highest BCUT2D eigenvalue weighted by Crippen LogP contribution is 2.34. The van der Waals surface area contributed by atoms with Crippen LogP contribution in [0.4, 0.5) is 26.3 Å². The first-order valence-corrected chi connectivity index (χ1v) is 12.6. The monoisotopic (exact) mass is 604 g/mol. The zero-order valence-electron chi connectivity index (χ0n) is 22.4. The number of morpholine rings is 1. The molecule has 0 amide bonds. The number of carboxylic acid groups (broad SMARTS) is 2. The molecule has 3 heterocycles. The van der Waals surface area contributed by atoms with Crippen molar-refractivity contribution in [1.29, 1.82) is 0 Å². The molecule has 1 aromatic rings. The highest BCUT2D eigenvalue weighted by Gasteiger charge is 2.43. The highest BCUT2D eigenvalue weighted by molar-refractivity contribution is 5.73. The number of nitrogens with zero attached hydrogens (tertiary/aromatic N) is 2. The lowest BCUT2D eigenvalue weighted by molar-refractivity contribution is -0.193. The standard InChI is InChI=1S/C21H32N2O4.2C2HF3O2/c1-24-19-4-2-18(3-5-19)14-23-10-13-26-17-21(16-23)7-6-20(27-21)15-22-8-11-25-12-9-22;2*3-2(4,5)1(6)7/h2-5,20H,6-17H2,1H3;2*(H,6,7). The molecule has 0 saturated carbocycles. The van der Waals surface area contributed by atoms with E-state index in [1.54, 1.807) is 7.11 Å². The number of carboxylic acids is 2. The number of halogens is 6. The number of methoxy groups -OCH3 is 1. The average Bonchev–Trinajstić information content (AvgIpc) is 3.17. The summed E-state index contributed by atoms with van der Waals surface area (Å²) in [4.78, 5) is 22.7. The summed E-state index contributed by atoms with van der Waals surface area (Å²) in [5.41, 5.74) is 1.15. The van der Waals surface area contributed by atoms with Crippen molar-refractivity contribution in [2.45, 2.75) is 43.4 Å². The normalized spacial score (nSPS) is 23.9. The molecule has 10 nitrogen and oxygen atoms in total. The smallest absolute Gasteiger partial charge is 0.490 e. The SMILES string of the molecule is COc1ccc(CN2CCOCC3(CCC(CN4CCOCC4)O3)C2)cc1.O=C(O)C(F)(F)F.O=C(O)C(F)(F)F. The zero-order chi connectivity index (χ0) is 30.7. The maximum absolute atomic E-state index is 10.6. The van der Waals surface area contributed by atoms with E-state index in [1.165, 1.54) is 5.56 Å². The Bertz CT molecular complexity index is 933. The minimum Gasteiger partial charge on any atom is -0.497 e. The number of hydrogen-bond donors (Lipinski definition) is 2. The van der Waals surface area contributed by atoms with Gasteiger partial charge in [-0.1, -0.05) is 12.1 Å². The molecule has 16 heteroatoms. The Morgan fingerprint density at radius 1 is 0.927 bits per heavy atom. The number of carbonyl (C=O) groups is 2. The summed E-state index contributed by atoms with van der Waals surface area (Å²) in [7, 11) is 1.70. The molecule has 3 aliphatic heterocycles. The van der Waals surface area contributed by atoms with Gasteiger partial charge in [-0.25, -0.2) is 9.59 Å².